The summed E-state index contributed by atoms with van der Waals surface area (Å²) in [6, 6.07) is 11.5. The van der Waals surface area contributed by atoms with Gasteiger partial charge in [0.25, 0.3) is 11.5 Å². The number of hydrogen-bond acceptors (Lipinski definition) is 4. The monoisotopic (exact) mass is 367 g/mol. The van der Waals surface area contributed by atoms with Gasteiger partial charge in [0.15, 0.2) is 6.10 Å². The molecule has 6 nitrogen and oxygen atoms in total. The van der Waals surface area contributed by atoms with Crippen LogP contribution in [0, 0.1) is 6.92 Å². The molecule has 6 heteroatoms. The van der Waals surface area contributed by atoms with Crippen molar-refractivity contribution >= 4 is 5.91 Å². The number of aromatic nitrogens is 2. The fourth-order valence-electron chi connectivity index (χ4n) is 4.14. The van der Waals surface area contributed by atoms with Crippen LogP contribution in [-0.2, 0) is 16.0 Å². The fourth-order valence-corrected chi connectivity index (χ4v) is 4.14. The van der Waals surface area contributed by atoms with Gasteiger partial charge in [0.2, 0.25) is 0 Å². The third-order valence-corrected chi connectivity index (χ3v) is 5.58. The molecule has 142 valence electrons. The molecule has 1 amide bonds. The number of amides is 1. The molecule has 27 heavy (non-hydrogen) atoms. The molecule has 1 saturated carbocycles. The van der Waals surface area contributed by atoms with E-state index in [0.29, 0.717) is 6.61 Å². The van der Waals surface area contributed by atoms with Gasteiger partial charge < -0.3 is 10.1 Å². The fraction of sp³-hybridized carbons (Fsp3) is 0.476. The van der Waals surface area contributed by atoms with Crippen LogP contribution >= 0.6 is 0 Å². The van der Waals surface area contributed by atoms with E-state index in [9.17, 15) is 9.59 Å². The van der Waals surface area contributed by atoms with Gasteiger partial charge in [0.1, 0.15) is 0 Å². The van der Waals surface area contributed by atoms with Crippen molar-refractivity contribution in [3.05, 3.63) is 63.6 Å². The van der Waals surface area contributed by atoms with Crippen LogP contribution in [0.1, 0.15) is 54.6 Å². The van der Waals surface area contributed by atoms with Crippen LogP contribution in [0.25, 0.3) is 0 Å². The van der Waals surface area contributed by atoms with E-state index in [4.69, 9.17) is 4.74 Å². The van der Waals surface area contributed by atoms with E-state index < -0.39 is 6.10 Å². The van der Waals surface area contributed by atoms with Gasteiger partial charge >= 0.3 is 0 Å². The Hall–Kier alpha value is -2.47. The molecule has 1 aliphatic heterocycles. The van der Waals surface area contributed by atoms with Crippen LogP contribution in [0.3, 0.4) is 0 Å². The second-order valence-corrected chi connectivity index (χ2v) is 7.47. The van der Waals surface area contributed by atoms with Crippen molar-refractivity contribution in [3.8, 4) is 0 Å². The highest BCUT2D eigenvalue weighted by molar-refractivity contribution is 5.83. The lowest BCUT2D eigenvalue weighted by Gasteiger charge is -2.32. The standard InChI is InChI=1S/C21H25N3O3/c1-14-6-11-19(25)24(23-14)17-9-7-16(8-10-17)22-21(26)20-18-5-3-2-4-15(18)12-13-27-20/h2-6,11,16-17,20H,7-10,12-13H2,1H3,(H,22,26). The number of aryl methyl sites for hydroxylation is 1. The predicted molar refractivity (Wildman–Crippen MR) is 102 cm³/mol. The third kappa shape index (κ3) is 3.81. The maximum absolute atomic E-state index is 12.8. The maximum Gasteiger partial charge on any atom is 0.267 e. The molecule has 2 aliphatic rings. The zero-order chi connectivity index (χ0) is 18.8. The largest absolute Gasteiger partial charge is 0.363 e. The van der Waals surface area contributed by atoms with Crippen LogP contribution < -0.4 is 10.9 Å². The van der Waals surface area contributed by atoms with E-state index >= 15 is 0 Å². The highest BCUT2D eigenvalue weighted by atomic mass is 16.5. The quantitative estimate of drug-likeness (QED) is 0.904. The SMILES string of the molecule is Cc1ccc(=O)n(C2CCC(NC(=O)C3OCCc4ccccc43)CC2)n1. The van der Waals surface area contributed by atoms with Crippen molar-refractivity contribution in [2.75, 3.05) is 6.61 Å². The summed E-state index contributed by atoms with van der Waals surface area (Å²) in [4.78, 5) is 24.8. The third-order valence-electron chi connectivity index (χ3n) is 5.58. The van der Waals surface area contributed by atoms with Gasteiger partial charge in [0.05, 0.1) is 18.3 Å². The first kappa shape index (κ1) is 17.9. The first-order valence-corrected chi connectivity index (χ1v) is 9.68. The Labute approximate surface area is 158 Å². The van der Waals surface area contributed by atoms with Gasteiger partial charge in [0, 0.05) is 12.1 Å². The Morgan fingerprint density at radius 2 is 1.93 bits per heavy atom. The van der Waals surface area contributed by atoms with Gasteiger partial charge in [-0.25, -0.2) is 4.68 Å². The molecule has 0 bridgehead atoms. The number of carbonyl (C=O) groups is 1. The molecular formula is C21H25N3O3. The average Bonchev–Trinajstić information content (AvgIpc) is 2.70. The first-order valence-electron chi connectivity index (χ1n) is 9.68. The molecule has 2 aromatic rings. The molecule has 1 N–H and O–H groups in total. The highest BCUT2D eigenvalue weighted by Gasteiger charge is 2.30. The smallest absolute Gasteiger partial charge is 0.267 e. The Morgan fingerprint density at radius 1 is 1.15 bits per heavy atom. The van der Waals surface area contributed by atoms with E-state index in [-0.39, 0.29) is 23.6 Å². The molecule has 0 radical (unpaired) electrons. The van der Waals surface area contributed by atoms with E-state index in [0.717, 1.165) is 43.4 Å². The maximum atomic E-state index is 12.8. The lowest BCUT2D eigenvalue weighted by molar-refractivity contribution is -0.135. The second kappa shape index (κ2) is 7.64. The summed E-state index contributed by atoms with van der Waals surface area (Å²) in [5.74, 6) is -0.0588. The van der Waals surface area contributed by atoms with E-state index in [2.05, 4.69) is 16.5 Å². The van der Waals surface area contributed by atoms with Gasteiger partial charge in [-0.1, -0.05) is 24.3 Å². The normalized spacial score (nSPS) is 24.9. The van der Waals surface area contributed by atoms with Gasteiger partial charge in [-0.05, 0) is 56.2 Å². The molecule has 1 aliphatic carbocycles. The summed E-state index contributed by atoms with van der Waals surface area (Å²) in [5, 5.41) is 7.53. The minimum Gasteiger partial charge on any atom is -0.363 e. The number of nitrogens with one attached hydrogen (secondary N) is 1. The lowest BCUT2D eigenvalue weighted by atomic mass is 9.90. The lowest BCUT2D eigenvalue weighted by Crippen LogP contribution is -2.43. The van der Waals surface area contributed by atoms with Gasteiger partial charge in [-0.2, -0.15) is 5.10 Å². The van der Waals surface area contributed by atoms with E-state index in [1.54, 1.807) is 16.8 Å². The Kier molecular flexibility index (Phi) is 5.07. The van der Waals surface area contributed by atoms with Crippen LogP contribution in [0.2, 0.25) is 0 Å². The number of ether oxygens (including phenoxy) is 1. The zero-order valence-corrected chi connectivity index (χ0v) is 15.6. The molecule has 0 spiro atoms. The van der Waals surface area contributed by atoms with Crippen LogP contribution in [0.5, 0.6) is 0 Å². The van der Waals surface area contributed by atoms with Crippen molar-refractivity contribution in [2.45, 2.75) is 57.2 Å². The van der Waals surface area contributed by atoms with Crippen LogP contribution in [0.4, 0.5) is 0 Å². The predicted octanol–water partition coefficient (Wildman–Crippen LogP) is 2.47. The summed E-state index contributed by atoms with van der Waals surface area (Å²) >= 11 is 0. The van der Waals surface area contributed by atoms with E-state index in [1.165, 1.54) is 5.56 Å². The number of rotatable bonds is 3. The molecule has 1 aromatic carbocycles. The molecule has 1 unspecified atom stereocenters. The molecule has 1 fully saturated rings. The molecule has 0 saturated heterocycles. The van der Waals surface area contributed by atoms with Crippen molar-refractivity contribution in [2.24, 2.45) is 0 Å². The molecular weight excluding hydrogens is 342 g/mol. The number of carbonyl (C=O) groups excluding carboxylic acids is 1. The summed E-state index contributed by atoms with van der Waals surface area (Å²) in [5.41, 5.74) is 2.96. The second-order valence-electron chi connectivity index (χ2n) is 7.47. The van der Waals surface area contributed by atoms with Crippen LogP contribution in [0.15, 0.2) is 41.2 Å². The minimum atomic E-state index is -0.520. The van der Waals surface area contributed by atoms with E-state index in [1.807, 2.05) is 25.1 Å². The number of benzene rings is 1. The van der Waals surface area contributed by atoms with Crippen molar-refractivity contribution in [1.82, 2.24) is 15.1 Å². The number of hydrogen-bond donors (Lipinski definition) is 1. The Morgan fingerprint density at radius 3 is 2.74 bits per heavy atom. The van der Waals surface area contributed by atoms with Crippen molar-refractivity contribution in [1.29, 1.82) is 0 Å². The Bertz CT molecular complexity index is 884. The highest BCUT2D eigenvalue weighted by Crippen LogP contribution is 2.30. The summed E-state index contributed by atoms with van der Waals surface area (Å²) in [6.07, 6.45) is 3.68. The Balaban J connectivity index is 1.38. The minimum absolute atomic E-state index is 0.0553. The zero-order valence-electron chi connectivity index (χ0n) is 15.6. The molecule has 1 aromatic heterocycles. The molecule has 1 atom stereocenters. The molecule has 4 rings (SSSR count). The summed E-state index contributed by atoms with van der Waals surface area (Å²) in [6.45, 7) is 2.47. The van der Waals surface area contributed by atoms with Crippen LogP contribution in [-0.4, -0.2) is 28.3 Å². The summed E-state index contributed by atoms with van der Waals surface area (Å²) < 4.78 is 7.36. The number of fused-ring (bicyclic) bond motifs is 1. The topological polar surface area (TPSA) is 73.2 Å². The van der Waals surface area contributed by atoms with Crippen molar-refractivity contribution in [3.63, 3.8) is 0 Å². The van der Waals surface area contributed by atoms with Gasteiger partial charge in [-0.3, -0.25) is 9.59 Å². The summed E-state index contributed by atoms with van der Waals surface area (Å²) in [7, 11) is 0. The number of nitrogens with zero attached hydrogens (tertiary/aromatic N) is 2. The van der Waals surface area contributed by atoms with Gasteiger partial charge in [-0.15, -0.1) is 0 Å². The first-order chi connectivity index (χ1) is 13.1. The average molecular weight is 367 g/mol. The van der Waals surface area contributed by atoms with Crippen molar-refractivity contribution < 1.29 is 9.53 Å². The molecule has 2 heterocycles.